The monoisotopic (exact) mass is 324 g/mol. The number of hydrazine groups is 1. The van der Waals surface area contributed by atoms with Gasteiger partial charge < -0.3 is 0 Å². The van der Waals surface area contributed by atoms with Crippen LogP contribution >= 0.6 is 0 Å². The van der Waals surface area contributed by atoms with E-state index in [1.54, 1.807) is 0 Å². The van der Waals surface area contributed by atoms with Crippen molar-refractivity contribution < 1.29 is 0 Å². The summed E-state index contributed by atoms with van der Waals surface area (Å²) < 4.78 is 0. The zero-order valence-corrected chi connectivity index (χ0v) is 13.9. The molecule has 0 radical (unpaired) electrons. The molecule has 0 spiro atoms. The van der Waals surface area contributed by atoms with Gasteiger partial charge in [0.05, 0.1) is 17.4 Å². The molecule has 3 aromatic rings. The molecule has 0 aromatic heterocycles. The normalized spacial score (nSPS) is 16.7. The topological polar surface area (TPSA) is 15.3 Å². The first-order valence-corrected chi connectivity index (χ1v) is 8.51. The van der Waals surface area contributed by atoms with E-state index in [0.29, 0.717) is 0 Å². The highest BCUT2D eigenvalue weighted by molar-refractivity contribution is 5.57. The van der Waals surface area contributed by atoms with Gasteiger partial charge in [-0.25, -0.2) is 0 Å². The van der Waals surface area contributed by atoms with Gasteiger partial charge in [0.25, 0.3) is 0 Å². The van der Waals surface area contributed by atoms with Crippen LogP contribution in [0.1, 0.15) is 17.2 Å². The fourth-order valence-corrected chi connectivity index (χ4v) is 3.04. The molecular weight excluding hydrogens is 304 g/mol. The Morgan fingerprint density at radius 2 is 1.28 bits per heavy atom. The van der Waals surface area contributed by atoms with Crippen LogP contribution in [0.25, 0.3) is 6.08 Å². The lowest BCUT2D eigenvalue weighted by Gasteiger charge is -2.27. The van der Waals surface area contributed by atoms with Crippen molar-refractivity contribution in [1.29, 1.82) is 0 Å². The van der Waals surface area contributed by atoms with E-state index in [4.69, 9.17) is 0 Å². The molecule has 4 rings (SSSR count). The molecule has 1 N–H and O–H groups in total. The van der Waals surface area contributed by atoms with Crippen LogP contribution in [0, 0.1) is 0 Å². The zero-order chi connectivity index (χ0) is 16.9. The number of para-hydroxylation sites is 1. The maximum absolute atomic E-state index is 3.53. The Hall–Kier alpha value is -3.26. The number of nitrogens with zero attached hydrogens (tertiary/aromatic N) is 1. The predicted molar refractivity (Wildman–Crippen MR) is 105 cm³/mol. The molecule has 1 aliphatic rings. The summed E-state index contributed by atoms with van der Waals surface area (Å²) in [4.78, 5) is 0. The maximum Gasteiger partial charge on any atom is 0.0958 e. The quantitative estimate of drug-likeness (QED) is 0.696. The van der Waals surface area contributed by atoms with Crippen molar-refractivity contribution in [1.82, 2.24) is 5.43 Å². The van der Waals surface area contributed by atoms with Crippen LogP contribution in [-0.4, -0.2) is 0 Å². The van der Waals surface area contributed by atoms with Crippen LogP contribution < -0.4 is 10.4 Å². The third-order valence-corrected chi connectivity index (χ3v) is 4.30. The Bertz CT molecular complexity index is 868. The average Bonchev–Trinajstić information content (AvgIpc) is 3.13. The Morgan fingerprint density at radius 1 is 0.680 bits per heavy atom. The lowest BCUT2D eigenvalue weighted by molar-refractivity contribution is 0.710. The molecule has 0 saturated heterocycles. The molecular formula is C23H20N2. The van der Waals surface area contributed by atoms with Gasteiger partial charge in [0.15, 0.2) is 0 Å². The molecule has 0 fully saturated rings. The first-order valence-electron chi connectivity index (χ1n) is 8.51. The predicted octanol–water partition coefficient (Wildman–Crippen LogP) is 5.35. The van der Waals surface area contributed by atoms with E-state index in [2.05, 4.69) is 108 Å². The Labute approximate surface area is 148 Å². The standard InChI is InChI=1S/C23H20N2/c1-4-10-19(11-5-1)16-17-21-18-23(20-12-6-2-7-13-20)25(24-21)22-14-8-3-9-15-22/h1-18,23-24H/b17-16+/t23-/m0/s1. The number of rotatable bonds is 4. The summed E-state index contributed by atoms with van der Waals surface area (Å²) in [6.45, 7) is 0. The zero-order valence-electron chi connectivity index (χ0n) is 13.9. The number of benzene rings is 3. The first kappa shape index (κ1) is 15.3. The van der Waals surface area contributed by atoms with Gasteiger partial charge in [-0.05, 0) is 35.4 Å². The molecule has 1 atom stereocenters. The van der Waals surface area contributed by atoms with Gasteiger partial charge in [0, 0.05) is 0 Å². The minimum Gasteiger partial charge on any atom is -0.298 e. The van der Waals surface area contributed by atoms with Gasteiger partial charge in [-0.2, -0.15) is 0 Å². The highest BCUT2D eigenvalue weighted by atomic mass is 15.5. The number of allylic oxidation sites excluding steroid dienone is 1. The van der Waals surface area contributed by atoms with Crippen LogP contribution in [0.5, 0.6) is 0 Å². The van der Waals surface area contributed by atoms with E-state index in [1.165, 1.54) is 11.1 Å². The van der Waals surface area contributed by atoms with E-state index in [-0.39, 0.29) is 6.04 Å². The molecule has 0 amide bonds. The molecule has 0 saturated carbocycles. The highest BCUT2D eigenvalue weighted by Gasteiger charge is 2.25. The lowest BCUT2D eigenvalue weighted by Crippen LogP contribution is -2.33. The van der Waals surface area contributed by atoms with Crippen LogP contribution in [0.4, 0.5) is 5.69 Å². The smallest absolute Gasteiger partial charge is 0.0958 e. The fraction of sp³-hybridized carbons (Fsp3) is 0.0435. The van der Waals surface area contributed by atoms with Crippen LogP contribution in [0.15, 0.2) is 109 Å². The van der Waals surface area contributed by atoms with Gasteiger partial charge in [0.2, 0.25) is 0 Å². The summed E-state index contributed by atoms with van der Waals surface area (Å²) in [7, 11) is 0. The fourth-order valence-electron chi connectivity index (χ4n) is 3.04. The second kappa shape index (κ2) is 7.10. The van der Waals surface area contributed by atoms with E-state index in [1.807, 2.05) is 12.1 Å². The lowest BCUT2D eigenvalue weighted by atomic mass is 10.1. The summed E-state index contributed by atoms with van der Waals surface area (Å²) in [6.07, 6.45) is 6.53. The molecule has 25 heavy (non-hydrogen) atoms. The number of anilines is 1. The van der Waals surface area contributed by atoms with Crippen molar-refractivity contribution in [3.8, 4) is 0 Å². The average molecular weight is 324 g/mol. The summed E-state index contributed by atoms with van der Waals surface area (Å²) >= 11 is 0. The van der Waals surface area contributed by atoms with Gasteiger partial charge in [-0.3, -0.25) is 10.4 Å². The van der Waals surface area contributed by atoms with Gasteiger partial charge in [0.1, 0.15) is 0 Å². The highest BCUT2D eigenvalue weighted by Crippen LogP contribution is 2.32. The second-order valence-electron chi connectivity index (χ2n) is 6.04. The maximum atomic E-state index is 3.53. The third-order valence-electron chi connectivity index (χ3n) is 4.30. The van der Waals surface area contributed by atoms with Crippen molar-refractivity contribution >= 4 is 11.8 Å². The van der Waals surface area contributed by atoms with Gasteiger partial charge in [-0.1, -0.05) is 84.9 Å². The second-order valence-corrected chi connectivity index (χ2v) is 6.04. The molecule has 0 bridgehead atoms. The van der Waals surface area contributed by atoms with Crippen molar-refractivity contribution in [2.75, 3.05) is 5.01 Å². The van der Waals surface area contributed by atoms with Crippen molar-refractivity contribution in [3.05, 3.63) is 120 Å². The Balaban J connectivity index is 1.64. The molecule has 2 nitrogen and oxygen atoms in total. The van der Waals surface area contributed by atoms with Crippen molar-refractivity contribution in [2.45, 2.75) is 6.04 Å². The van der Waals surface area contributed by atoms with E-state index >= 15 is 0 Å². The molecule has 122 valence electrons. The SMILES string of the molecule is C1=C(/C=C/c2ccccc2)NN(c2ccccc2)[C@@H]1c1ccccc1. The largest absolute Gasteiger partial charge is 0.298 e. The first-order chi connectivity index (χ1) is 12.4. The Kier molecular flexibility index (Phi) is 4.34. The molecule has 2 heteroatoms. The summed E-state index contributed by atoms with van der Waals surface area (Å²) in [5, 5.41) is 2.21. The molecule has 1 aliphatic heterocycles. The number of nitrogens with one attached hydrogen (secondary N) is 1. The van der Waals surface area contributed by atoms with Crippen molar-refractivity contribution in [2.24, 2.45) is 0 Å². The molecule has 0 aliphatic carbocycles. The van der Waals surface area contributed by atoms with Gasteiger partial charge >= 0.3 is 0 Å². The summed E-state index contributed by atoms with van der Waals surface area (Å²) in [5.74, 6) is 0. The minimum absolute atomic E-state index is 0.166. The molecule has 0 unspecified atom stereocenters. The number of hydrogen-bond donors (Lipinski definition) is 1. The summed E-state index contributed by atoms with van der Waals surface area (Å²) in [6, 6.07) is 31.5. The van der Waals surface area contributed by atoms with E-state index in [9.17, 15) is 0 Å². The van der Waals surface area contributed by atoms with Crippen LogP contribution in [0.3, 0.4) is 0 Å². The Morgan fingerprint density at radius 3 is 1.96 bits per heavy atom. The third kappa shape index (κ3) is 3.48. The van der Waals surface area contributed by atoms with Crippen LogP contribution in [-0.2, 0) is 0 Å². The van der Waals surface area contributed by atoms with Gasteiger partial charge in [-0.15, -0.1) is 0 Å². The van der Waals surface area contributed by atoms with E-state index < -0.39 is 0 Å². The number of hydrogen-bond acceptors (Lipinski definition) is 2. The molecule has 1 heterocycles. The van der Waals surface area contributed by atoms with Crippen LogP contribution in [0.2, 0.25) is 0 Å². The van der Waals surface area contributed by atoms with E-state index in [0.717, 1.165) is 11.4 Å². The van der Waals surface area contributed by atoms with Crippen molar-refractivity contribution in [3.63, 3.8) is 0 Å². The molecule has 3 aromatic carbocycles. The minimum atomic E-state index is 0.166. The summed E-state index contributed by atoms with van der Waals surface area (Å²) in [5.41, 5.74) is 8.24.